The van der Waals surface area contributed by atoms with E-state index < -0.39 is 9.84 Å². The molecule has 5 nitrogen and oxygen atoms in total. The summed E-state index contributed by atoms with van der Waals surface area (Å²) in [6, 6.07) is 7.79. The molecule has 2 rings (SSSR count). The fourth-order valence-electron chi connectivity index (χ4n) is 2.41. The Morgan fingerprint density at radius 3 is 2.62 bits per heavy atom. The second-order valence-electron chi connectivity index (χ2n) is 5.23. The number of amides is 1. The van der Waals surface area contributed by atoms with Gasteiger partial charge in [0.15, 0.2) is 0 Å². The number of benzene rings is 1. The van der Waals surface area contributed by atoms with E-state index in [1.807, 2.05) is 25.1 Å². The lowest BCUT2D eigenvalue weighted by atomic mass is 10.2. The average Bonchev–Trinajstić information content (AvgIpc) is 2.70. The van der Waals surface area contributed by atoms with Crippen molar-refractivity contribution in [3.63, 3.8) is 0 Å². The van der Waals surface area contributed by atoms with Crippen molar-refractivity contribution in [2.24, 2.45) is 0 Å². The minimum Gasteiger partial charge on any atom is -0.345 e. The van der Waals surface area contributed by atoms with Crippen LogP contribution in [0.3, 0.4) is 0 Å². The zero-order valence-electron chi connectivity index (χ0n) is 12.5. The van der Waals surface area contributed by atoms with Gasteiger partial charge in [-0.05, 0) is 38.1 Å². The van der Waals surface area contributed by atoms with Gasteiger partial charge in [0, 0.05) is 41.5 Å². The molecule has 0 radical (unpaired) electrons. The summed E-state index contributed by atoms with van der Waals surface area (Å²) in [5.74, 6) is -0.418. The van der Waals surface area contributed by atoms with Crippen molar-refractivity contribution in [3.8, 4) is 0 Å². The van der Waals surface area contributed by atoms with Crippen LogP contribution in [0.2, 0.25) is 0 Å². The lowest BCUT2D eigenvalue weighted by molar-refractivity contribution is -0.115. The summed E-state index contributed by atoms with van der Waals surface area (Å²) >= 11 is 0. The number of hydrogen-bond acceptors (Lipinski definition) is 3. The molecule has 114 valence electrons. The Morgan fingerprint density at radius 1 is 1.29 bits per heavy atom. The van der Waals surface area contributed by atoms with E-state index in [4.69, 9.17) is 0 Å². The van der Waals surface area contributed by atoms with Crippen LogP contribution in [0.4, 0.5) is 5.69 Å². The second-order valence-corrected chi connectivity index (χ2v) is 7.49. The van der Waals surface area contributed by atoms with Gasteiger partial charge in [-0.2, -0.15) is 0 Å². The number of nitrogens with zero attached hydrogens (tertiary/aromatic N) is 1. The maximum absolute atomic E-state index is 11.7. The maximum Gasteiger partial charge on any atom is 0.225 e. The molecule has 1 aromatic heterocycles. The third kappa shape index (κ3) is 3.85. The number of carbonyl (C=O) groups excluding carboxylic acids is 1. The first-order valence-electron chi connectivity index (χ1n) is 6.87. The predicted octanol–water partition coefficient (Wildman–Crippen LogP) is 2.34. The standard InChI is InChI=1S/C15H20N2O3S/c1-4-17-11(2)9-12-10-13(5-6-14(12)17)16-15(18)7-8-21(3,19)20/h5-6,9-10H,4,7-8H2,1-3H3,(H,16,18). The van der Waals surface area contributed by atoms with Crippen LogP contribution in [-0.2, 0) is 21.2 Å². The van der Waals surface area contributed by atoms with Crippen molar-refractivity contribution in [2.45, 2.75) is 26.8 Å². The molecule has 21 heavy (non-hydrogen) atoms. The fourth-order valence-corrected chi connectivity index (χ4v) is 2.96. The van der Waals surface area contributed by atoms with E-state index in [0.29, 0.717) is 5.69 Å². The molecular formula is C15H20N2O3S. The molecule has 0 aliphatic rings. The molecule has 0 aliphatic carbocycles. The molecule has 0 atom stereocenters. The molecule has 0 unspecified atom stereocenters. The quantitative estimate of drug-likeness (QED) is 0.922. The van der Waals surface area contributed by atoms with Crippen LogP contribution >= 0.6 is 0 Å². The number of rotatable bonds is 5. The topological polar surface area (TPSA) is 68.2 Å². The van der Waals surface area contributed by atoms with Crippen LogP contribution in [0.25, 0.3) is 10.9 Å². The molecule has 0 spiro atoms. The molecule has 0 bridgehead atoms. The van der Waals surface area contributed by atoms with Crippen LogP contribution in [0, 0.1) is 6.92 Å². The smallest absolute Gasteiger partial charge is 0.225 e. The Balaban J connectivity index is 2.15. The molecule has 1 aromatic carbocycles. The lowest BCUT2D eigenvalue weighted by Crippen LogP contribution is -2.16. The van der Waals surface area contributed by atoms with Crippen molar-refractivity contribution in [1.82, 2.24) is 4.57 Å². The Labute approximate surface area is 124 Å². The summed E-state index contributed by atoms with van der Waals surface area (Å²) in [5.41, 5.74) is 2.99. The highest BCUT2D eigenvalue weighted by molar-refractivity contribution is 7.90. The first-order chi connectivity index (χ1) is 9.80. The number of anilines is 1. The van der Waals surface area contributed by atoms with Gasteiger partial charge in [-0.15, -0.1) is 0 Å². The number of sulfone groups is 1. The van der Waals surface area contributed by atoms with Crippen LogP contribution < -0.4 is 5.32 Å². The third-order valence-electron chi connectivity index (χ3n) is 3.41. The van der Waals surface area contributed by atoms with Gasteiger partial charge in [-0.3, -0.25) is 4.79 Å². The van der Waals surface area contributed by atoms with Gasteiger partial charge in [0.25, 0.3) is 0 Å². The van der Waals surface area contributed by atoms with E-state index in [-0.39, 0.29) is 18.1 Å². The molecule has 0 saturated heterocycles. The molecule has 0 saturated carbocycles. The van der Waals surface area contributed by atoms with Crippen molar-refractivity contribution in [3.05, 3.63) is 30.0 Å². The molecule has 6 heteroatoms. The van der Waals surface area contributed by atoms with Crippen LogP contribution in [0.1, 0.15) is 19.0 Å². The SMILES string of the molecule is CCn1c(C)cc2cc(NC(=O)CCS(C)(=O)=O)ccc21. The summed E-state index contributed by atoms with van der Waals surface area (Å²) in [4.78, 5) is 11.7. The van der Waals surface area contributed by atoms with Gasteiger partial charge in [-0.25, -0.2) is 8.42 Å². The zero-order chi connectivity index (χ0) is 15.6. The lowest BCUT2D eigenvalue weighted by Gasteiger charge is -2.07. The minimum absolute atomic E-state index is 0.0220. The molecule has 1 heterocycles. The van der Waals surface area contributed by atoms with Crippen LogP contribution in [0.15, 0.2) is 24.3 Å². The van der Waals surface area contributed by atoms with Crippen molar-refractivity contribution in [2.75, 3.05) is 17.3 Å². The Morgan fingerprint density at radius 2 is 2.00 bits per heavy atom. The van der Waals surface area contributed by atoms with E-state index in [0.717, 1.165) is 23.7 Å². The minimum atomic E-state index is -3.12. The number of carbonyl (C=O) groups is 1. The van der Waals surface area contributed by atoms with Crippen LogP contribution in [0.5, 0.6) is 0 Å². The van der Waals surface area contributed by atoms with Gasteiger partial charge < -0.3 is 9.88 Å². The summed E-state index contributed by atoms with van der Waals surface area (Å²) in [6.45, 7) is 5.04. The van der Waals surface area contributed by atoms with Crippen molar-refractivity contribution < 1.29 is 13.2 Å². The average molecular weight is 308 g/mol. The van der Waals surface area contributed by atoms with Gasteiger partial charge in [-0.1, -0.05) is 0 Å². The van der Waals surface area contributed by atoms with Gasteiger partial charge in [0.1, 0.15) is 9.84 Å². The molecule has 2 aromatic rings. The first kappa shape index (κ1) is 15.6. The highest BCUT2D eigenvalue weighted by Gasteiger charge is 2.10. The maximum atomic E-state index is 11.7. The largest absolute Gasteiger partial charge is 0.345 e. The molecule has 1 amide bonds. The third-order valence-corrected chi connectivity index (χ3v) is 4.35. The number of hydrogen-bond donors (Lipinski definition) is 1. The Bertz CT molecular complexity index is 776. The van der Waals surface area contributed by atoms with E-state index >= 15 is 0 Å². The van der Waals surface area contributed by atoms with Gasteiger partial charge in [0.2, 0.25) is 5.91 Å². The van der Waals surface area contributed by atoms with Gasteiger partial charge >= 0.3 is 0 Å². The number of nitrogens with one attached hydrogen (secondary N) is 1. The van der Waals surface area contributed by atoms with Crippen LogP contribution in [-0.4, -0.2) is 30.9 Å². The Hall–Kier alpha value is -1.82. The fraction of sp³-hybridized carbons (Fsp3) is 0.400. The summed E-state index contributed by atoms with van der Waals surface area (Å²) in [7, 11) is -3.12. The predicted molar refractivity (Wildman–Crippen MR) is 85.3 cm³/mol. The monoisotopic (exact) mass is 308 g/mol. The van der Waals surface area contributed by atoms with Crippen molar-refractivity contribution in [1.29, 1.82) is 0 Å². The highest BCUT2D eigenvalue weighted by Crippen LogP contribution is 2.23. The van der Waals surface area contributed by atoms with Crippen molar-refractivity contribution >= 4 is 32.3 Å². The summed E-state index contributed by atoms with van der Waals surface area (Å²) in [5, 5.41) is 3.81. The van der Waals surface area contributed by atoms with E-state index in [2.05, 4.69) is 22.9 Å². The van der Waals surface area contributed by atoms with E-state index in [1.54, 1.807) is 0 Å². The van der Waals surface area contributed by atoms with E-state index in [1.165, 1.54) is 5.69 Å². The number of fused-ring (bicyclic) bond motifs is 1. The normalized spacial score (nSPS) is 11.8. The summed E-state index contributed by atoms with van der Waals surface area (Å²) in [6.07, 6.45) is 1.11. The van der Waals surface area contributed by atoms with E-state index in [9.17, 15) is 13.2 Å². The highest BCUT2D eigenvalue weighted by atomic mass is 32.2. The number of aromatic nitrogens is 1. The number of aryl methyl sites for hydroxylation is 2. The molecule has 0 fully saturated rings. The zero-order valence-corrected chi connectivity index (χ0v) is 13.3. The molecular weight excluding hydrogens is 288 g/mol. The molecule has 1 N–H and O–H groups in total. The second kappa shape index (κ2) is 5.89. The Kier molecular flexibility index (Phi) is 4.37. The summed E-state index contributed by atoms with van der Waals surface area (Å²) < 4.78 is 24.3. The first-order valence-corrected chi connectivity index (χ1v) is 8.93. The van der Waals surface area contributed by atoms with Gasteiger partial charge in [0.05, 0.1) is 5.75 Å². The molecule has 0 aliphatic heterocycles.